The fourth-order valence-electron chi connectivity index (χ4n) is 1.01. The number of anilines is 1. The maximum Gasteiger partial charge on any atom is 0.411 e. The van der Waals surface area contributed by atoms with E-state index >= 15 is 0 Å². The number of benzene rings is 1. The van der Waals surface area contributed by atoms with Gasteiger partial charge in [0.2, 0.25) is 0 Å². The van der Waals surface area contributed by atoms with E-state index < -0.39 is 6.09 Å². The van der Waals surface area contributed by atoms with Crippen LogP contribution < -0.4 is 5.32 Å². The van der Waals surface area contributed by atoms with E-state index in [1.165, 1.54) is 0 Å². The second-order valence-electron chi connectivity index (χ2n) is 2.97. The molecule has 0 fully saturated rings. The normalized spacial score (nSPS) is 9.80. The summed E-state index contributed by atoms with van der Waals surface area (Å²) in [5.41, 5.74) is 1.50. The molecule has 1 aromatic rings. The third-order valence-electron chi connectivity index (χ3n) is 1.69. The Balaban J connectivity index is 2.60. The van der Waals surface area contributed by atoms with E-state index in [0.717, 1.165) is 5.56 Å². The molecule has 0 aromatic heterocycles. The first kappa shape index (κ1) is 11.8. The molecule has 0 saturated carbocycles. The van der Waals surface area contributed by atoms with Crippen molar-refractivity contribution >= 4 is 23.4 Å². The first-order valence-corrected chi connectivity index (χ1v) is 4.82. The lowest BCUT2D eigenvalue weighted by atomic mass is 10.2. The van der Waals surface area contributed by atoms with Crippen molar-refractivity contribution in [3.05, 3.63) is 28.8 Å². The zero-order chi connectivity index (χ0) is 11.3. The van der Waals surface area contributed by atoms with Crippen LogP contribution in [0.5, 0.6) is 0 Å². The van der Waals surface area contributed by atoms with Gasteiger partial charge in [0, 0.05) is 0 Å². The average molecular weight is 230 g/mol. The van der Waals surface area contributed by atoms with Crippen LogP contribution >= 0.6 is 11.6 Å². The number of carbonyl (C=O) groups excluding carboxylic acids is 1. The van der Waals surface area contributed by atoms with Gasteiger partial charge in [-0.05, 0) is 24.6 Å². The van der Waals surface area contributed by atoms with Crippen molar-refractivity contribution in [2.24, 2.45) is 0 Å². The molecule has 5 heteroatoms. The van der Waals surface area contributed by atoms with Crippen molar-refractivity contribution < 1.29 is 14.6 Å². The first-order chi connectivity index (χ1) is 7.13. The van der Waals surface area contributed by atoms with Crippen LogP contribution in [0.1, 0.15) is 5.56 Å². The smallest absolute Gasteiger partial charge is 0.411 e. The predicted octanol–water partition coefficient (Wildman–Crippen LogP) is 2.19. The van der Waals surface area contributed by atoms with E-state index in [2.05, 4.69) is 10.1 Å². The van der Waals surface area contributed by atoms with Crippen molar-refractivity contribution in [1.29, 1.82) is 0 Å². The maximum absolute atomic E-state index is 11.1. The van der Waals surface area contributed by atoms with Gasteiger partial charge in [0.05, 0.1) is 17.3 Å². The highest BCUT2D eigenvalue weighted by Gasteiger charge is 2.05. The van der Waals surface area contributed by atoms with Crippen LogP contribution in [0, 0.1) is 6.92 Å². The van der Waals surface area contributed by atoms with Crippen LogP contribution in [0.4, 0.5) is 10.5 Å². The average Bonchev–Trinajstić information content (AvgIpc) is 2.19. The fourth-order valence-corrected chi connectivity index (χ4v) is 1.29. The molecule has 0 heterocycles. The molecule has 0 atom stereocenters. The van der Waals surface area contributed by atoms with Gasteiger partial charge in [-0.2, -0.15) is 0 Å². The standard InChI is InChI=1S/C10H12ClNO3/c1-7-2-3-9(8(11)6-7)12-10(14)15-5-4-13/h2-3,6,13H,4-5H2,1H3,(H,12,14). The number of amides is 1. The number of carbonyl (C=O) groups is 1. The molecule has 0 aliphatic carbocycles. The summed E-state index contributed by atoms with van der Waals surface area (Å²) in [5, 5.41) is 11.4. The topological polar surface area (TPSA) is 58.6 Å². The lowest BCUT2D eigenvalue weighted by Crippen LogP contribution is -2.15. The second-order valence-corrected chi connectivity index (χ2v) is 3.38. The Morgan fingerprint density at radius 2 is 2.33 bits per heavy atom. The molecule has 0 bridgehead atoms. The van der Waals surface area contributed by atoms with E-state index in [4.69, 9.17) is 16.7 Å². The summed E-state index contributed by atoms with van der Waals surface area (Å²) in [6.45, 7) is 1.67. The molecule has 4 nitrogen and oxygen atoms in total. The Morgan fingerprint density at radius 1 is 1.60 bits per heavy atom. The molecule has 0 aliphatic rings. The SMILES string of the molecule is Cc1ccc(NC(=O)OCCO)c(Cl)c1. The van der Waals surface area contributed by atoms with E-state index in [0.29, 0.717) is 10.7 Å². The molecule has 1 amide bonds. The molecule has 0 radical (unpaired) electrons. The van der Waals surface area contributed by atoms with Gasteiger partial charge in [-0.15, -0.1) is 0 Å². The number of aliphatic hydroxyl groups excluding tert-OH is 1. The van der Waals surface area contributed by atoms with Crippen LogP contribution in [0.2, 0.25) is 5.02 Å². The molecule has 1 aromatic carbocycles. The number of nitrogens with one attached hydrogen (secondary N) is 1. The summed E-state index contributed by atoms with van der Waals surface area (Å²) in [6.07, 6.45) is -0.630. The molecule has 15 heavy (non-hydrogen) atoms. The largest absolute Gasteiger partial charge is 0.447 e. The summed E-state index contributed by atoms with van der Waals surface area (Å²) in [4.78, 5) is 11.1. The zero-order valence-corrected chi connectivity index (χ0v) is 9.04. The first-order valence-electron chi connectivity index (χ1n) is 4.44. The summed E-state index contributed by atoms with van der Waals surface area (Å²) in [5.74, 6) is 0. The Morgan fingerprint density at radius 3 is 2.93 bits per heavy atom. The molecular weight excluding hydrogens is 218 g/mol. The summed E-state index contributed by atoms with van der Waals surface area (Å²) >= 11 is 5.89. The summed E-state index contributed by atoms with van der Waals surface area (Å²) < 4.78 is 4.62. The number of halogens is 1. The highest BCUT2D eigenvalue weighted by atomic mass is 35.5. The monoisotopic (exact) mass is 229 g/mol. The van der Waals surface area contributed by atoms with Crippen molar-refractivity contribution in [3.8, 4) is 0 Å². The number of hydrogen-bond acceptors (Lipinski definition) is 3. The molecular formula is C10H12ClNO3. The van der Waals surface area contributed by atoms with Crippen LogP contribution in [-0.4, -0.2) is 24.4 Å². The van der Waals surface area contributed by atoms with Gasteiger partial charge in [0.25, 0.3) is 0 Å². The van der Waals surface area contributed by atoms with Gasteiger partial charge in [-0.25, -0.2) is 4.79 Å². The van der Waals surface area contributed by atoms with Gasteiger partial charge >= 0.3 is 6.09 Å². The zero-order valence-electron chi connectivity index (χ0n) is 8.29. The maximum atomic E-state index is 11.1. The van der Waals surface area contributed by atoms with Crippen molar-refractivity contribution in [2.45, 2.75) is 6.92 Å². The lowest BCUT2D eigenvalue weighted by molar-refractivity contribution is 0.131. The van der Waals surface area contributed by atoms with Crippen molar-refractivity contribution in [2.75, 3.05) is 18.5 Å². The van der Waals surface area contributed by atoms with Crippen LogP contribution in [-0.2, 0) is 4.74 Å². The Labute approximate surface area is 92.8 Å². The van der Waals surface area contributed by atoms with Crippen LogP contribution in [0.3, 0.4) is 0 Å². The Hall–Kier alpha value is -1.26. The molecule has 0 saturated heterocycles. The second kappa shape index (κ2) is 5.58. The van der Waals surface area contributed by atoms with Gasteiger partial charge in [0.15, 0.2) is 0 Å². The Bertz CT molecular complexity index is 355. The quantitative estimate of drug-likeness (QED) is 0.835. The molecule has 0 aliphatic heterocycles. The number of aryl methyl sites for hydroxylation is 1. The van der Waals surface area contributed by atoms with E-state index in [1.807, 2.05) is 13.0 Å². The number of rotatable bonds is 3. The third kappa shape index (κ3) is 3.77. The summed E-state index contributed by atoms with van der Waals surface area (Å²) in [7, 11) is 0. The number of hydrogen-bond donors (Lipinski definition) is 2. The summed E-state index contributed by atoms with van der Waals surface area (Å²) in [6, 6.07) is 5.26. The van der Waals surface area contributed by atoms with Crippen LogP contribution in [0.25, 0.3) is 0 Å². The van der Waals surface area contributed by atoms with Gasteiger partial charge < -0.3 is 9.84 Å². The number of aliphatic hydroxyl groups is 1. The molecule has 0 spiro atoms. The van der Waals surface area contributed by atoms with Crippen molar-refractivity contribution in [1.82, 2.24) is 0 Å². The van der Waals surface area contributed by atoms with Gasteiger partial charge in [0.1, 0.15) is 6.61 Å². The highest BCUT2D eigenvalue weighted by molar-refractivity contribution is 6.33. The highest BCUT2D eigenvalue weighted by Crippen LogP contribution is 2.22. The Kier molecular flexibility index (Phi) is 4.39. The molecule has 0 unspecified atom stereocenters. The van der Waals surface area contributed by atoms with Crippen LogP contribution in [0.15, 0.2) is 18.2 Å². The van der Waals surface area contributed by atoms with E-state index in [-0.39, 0.29) is 13.2 Å². The predicted molar refractivity (Wildman–Crippen MR) is 58.2 cm³/mol. The number of ether oxygens (including phenoxy) is 1. The minimum absolute atomic E-state index is 0.0324. The molecule has 2 N–H and O–H groups in total. The minimum atomic E-state index is -0.630. The van der Waals surface area contributed by atoms with E-state index in [9.17, 15) is 4.79 Å². The van der Waals surface area contributed by atoms with Crippen molar-refractivity contribution in [3.63, 3.8) is 0 Å². The minimum Gasteiger partial charge on any atom is -0.447 e. The third-order valence-corrected chi connectivity index (χ3v) is 2.00. The van der Waals surface area contributed by atoms with E-state index in [1.54, 1.807) is 12.1 Å². The van der Waals surface area contributed by atoms with Gasteiger partial charge in [-0.3, -0.25) is 5.32 Å². The van der Waals surface area contributed by atoms with Gasteiger partial charge in [-0.1, -0.05) is 17.7 Å². The fraction of sp³-hybridized carbons (Fsp3) is 0.300. The molecule has 82 valence electrons. The molecule has 1 rings (SSSR count). The lowest BCUT2D eigenvalue weighted by Gasteiger charge is -2.07.